The van der Waals surface area contributed by atoms with Gasteiger partial charge in [-0.1, -0.05) is 27.3 Å². The molecule has 68 valence electrons. The van der Waals surface area contributed by atoms with E-state index in [0.29, 0.717) is 6.42 Å². The molecule has 0 saturated carbocycles. The van der Waals surface area contributed by atoms with Crippen LogP contribution in [0.3, 0.4) is 0 Å². The minimum absolute atomic E-state index is 0. The van der Waals surface area contributed by atoms with Crippen molar-refractivity contribution >= 4 is 5.78 Å². The minimum atomic E-state index is -1.16. The van der Waals surface area contributed by atoms with Crippen molar-refractivity contribution in [1.82, 2.24) is 0 Å². The van der Waals surface area contributed by atoms with Gasteiger partial charge in [-0.2, -0.15) is 0 Å². The Balaban J connectivity index is -0.000000249. The Labute approximate surface area is 123 Å². The molecule has 0 aromatic carbocycles. The molecule has 0 aromatic heterocycles. The van der Waals surface area contributed by atoms with Crippen LogP contribution in [0.5, 0.6) is 0 Å². The summed E-state index contributed by atoms with van der Waals surface area (Å²) < 4.78 is 12.2. The zero-order valence-electron chi connectivity index (χ0n) is 8.72. The molecule has 0 radical (unpaired) electrons. The number of nitrogens with zero attached hydrogens (tertiary/aromatic N) is 1. The number of carbonyl (C=O) groups excluding carboxylic acids is 1. The largest absolute Gasteiger partial charge is 1.00 e. The summed E-state index contributed by atoms with van der Waals surface area (Å²) in [4.78, 5) is 10.2. The third kappa shape index (κ3) is 17.4. The molecule has 0 saturated heterocycles. The van der Waals surface area contributed by atoms with E-state index in [2.05, 4.69) is 5.32 Å². The molecule has 0 spiro atoms. The standard InChI is InChI=1S/C6H11FNO.C2H6.Rb/c1-3-6(7)8-4-5(2)9;1-2;/h6H,3-4H2,1-2H3;1-2H3;/q-1;;+1. The number of hydrogen-bond acceptors (Lipinski definition) is 1. The van der Waals surface area contributed by atoms with Crippen molar-refractivity contribution in [2.24, 2.45) is 0 Å². The Kier molecular flexibility index (Phi) is 23.6. The summed E-state index contributed by atoms with van der Waals surface area (Å²) in [5.41, 5.74) is 0. The van der Waals surface area contributed by atoms with Crippen LogP contribution in [0.4, 0.5) is 4.39 Å². The number of alkyl halides is 1. The van der Waals surface area contributed by atoms with Gasteiger partial charge in [-0.3, -0.25) is 4.39 Å². The maximum Gasteiger partial charge on any atom is 1.00 e. The van der Waals surface area contributed by atoms with Gasteiger partial charge in [-0.15, -0.1) is 0 Å². The second-order valence-electron chi connectivity index (χ2n) is 1.89. The molecule has 0 heterocycles. The van der Waals surface area contributed by atoms with Crippen LogP contribution < -0.4 is 58.2 Å². The van der Waals surface area contributed by atoms with Crippen molar-refractivity contribution in [1.29, 1.82) is 0 Å². The smallest absolute Gasteiger partial charge is 0.626 e. The second-order valence-corrected chi connectivity index (χ2v) is 1.89. The predicted molar refractivity (Wildman–Crippen MR) is 45.4 cm³/mol. The maximum absolute atomic E-state index is 12.2. The van der Waals surface area contributed by atoms with Gasteiger partial charge in [0, 0.05) is 6.30 Å². The van der Waals surface area contributed by atoms with Crippen LogP contribution in [0, 0.1) is 0 Å². The fraction of sp³-hybridized carbons (Fsp3) is 0.875. The summed E-state index contributed by atoms with van der Waals surface area (Å²) in [5.74, 6) is -0.0916. The molecule has 12 heavy (non-hydrogen) atoms. The first kappa shape index (κ1) is 19.0. The summed E-state index contributed by atoms with van der Waals surface area (Å²) in [6.45, 7) is 7.09. The second kappa shape index (κ2) is 14.9. The van der Waals surface area contributed by atoms with E-state index in [1.54, 1.807) is 6.92 Å². The van der Waals surface area contributed by atoms with E-state index in [1.165, 1.54) is 6.92 Å². The number of hydrogen-bond donors (Lipinski definition) is 0. The van der Waals surface area contributed by atoms with Gasteiger partial charge in [-0.25, -0.2) is 0 Å². The fourth-order valence-corrected chi connectivity index (χ4v) is 0.357. The third-order valence-corrected chi connectivity index (χ3v) is 0.849. The molecule has 0 amide bonds. The van der Waals surface area contributed by atoms with Crippen LogP contribution in [-0.2, 0) is 4.79 Å². The van der Waals surface area contributed by atoms with Crippen LogP contribution in [0.15, 0.2) is 0 Å². The van der Waals surface area contributed by atoms with Crippen molar-refractivity contribution in [3.05, 3.63) is 5.32 Å². The normalized spacial score (nSPS) is 10.4. The van der Waals surface area contributed by atoms with Gasteiger partial charge in [0.2, 0.25) is 0 Å². The molecule has 0 bridgehead atoms. The van der Waals surface area contributed by atoms with Gasteiger partial charge in [0.05, 0.1) is 0 Å². The summed E-state index contributed by atoms with van der Waals surface area (Å²) in [7, 11) is 0. The first-order chi connectivity index (χ1) is 5.16. The van der Waals surface area contributed by atoms with Crippen molar-refractivity contribution < 1.29 is 67.4 Å². The van der Waals surface area contributed by atoms with E-state index in [-0.39, 0.29) is 70.5 Å². The van der Waals surface area contributed by atoms with Crippen LogP contribution in [0.25, 0.3) is 5.32 Å². The predicted octanol–water partition coefficient (Wildman–Crippen LogP) is -0.315. The molecule has 1 unspecified atom stereocenters. The van der Waals surface area contributed by atoms with Gasteiger partial charge in [0.25, 0.3) is 0 Å². The summed E-state index contributed by atoms with van der Waals surface area (Å²) >= 11 is 0. The maximum atomic E-state index is 12.2. The molecule has 2 nitrogen and oxygen atoms in total. The van der Waals surface area contributed by atoms with Crippen molar-refractivity contribution in [2.45, 2.75) is 40.4 Å². The molecule has 0 aliphatic heterocycles. The summed E-state index contributed by atoms with van der Waals surface area (Å²) in [6.07, 6.45) is -0.804. The molecular weight excluding hydrogens is 231 g/mol. The molecule has 0 aliphatic carbocycles. The van der Waals surface area contributed by atoms with E-state index in [4.69, 9.17) is 0 Å². The van der Waals surface area contributed by atoms with Crippen LogP contribution >= 0.6 is 0 Å². The Morgan fingerprint density at radius 1 is 1.50 bits per heavy atom. The van der Waals surface area contributed by atoms with E-state index < -0.39 is 6.30 Å². The van der Waals surface area contributed by atoms with Crippen molar-refractivity contribution in [3.63, 3.8) is 0 Å². The Morgan fingerprint density at radius 2 is 1.92 bits per heavy atom. The molecule has 0 N–H and O–H groups in total. The number of carbonyl (C=O) groups is 1. The zero-order valence-corrected chi connectivity index (χ0v) is 13.6. The number of Topliss-reactive ketones (excluding diaryl/α,β-unsaturated/α-hetero) is 1. The minimum Gasteiger partial charge on any atom is -0.626 e. The number of ketones is 1. The van der Waals surface area contributed by atoms with Gasteiger partial charge < -0.3 is 10.1 Å². The van der Waals surface area contributed by atoms with Gasteiger partial charge in [0.15, 0.2) is 0 Å². The summed E-state index contributed by atoms with van der Waals surface area (Å²) in [5, 5.41) is 3.43. The van der Waals surface area contributed by atoms with Gasteiger partial charge >= 0.3 is 58.2 Å². The molecule has 0 aromatic rings. The molecular formula is C8H17FNORb. The van der Waals surface area contributed by atoms with Crippen LogP contribution in [0.1, 0.15) is 34.1 Å². The molecule has 4 heteroatoms. The van der Waals surface area contributed by atoms with E-state index >= 15 is 0 Å². The fourth-order valence-electron chi connectivity index (χ4n) is 0.357. The van der Waals surface area contributed by atoms with E-state index in [1.807, 2.05) is 13.8 Å². The van der Waals surface area contributed by atoms with Crippen molar-refractivity contribution in [2.75, 3.05) is 6.54 Å². The van der Waals surface area contributed by atoms with Crippen molar-refractivity contribution in [3.8, 4) is 0 Å². The Bertz CT molecular complexity index is 101. The quantitative estimate of drug-likeness (QED) is 0.627. The SMILES string of the molecule is CC.CCC(F)[N-]CC(C)=O.[Rb+]. The Morgan fingerprint density at radius 3 is 2.17 bits per heavy atom. The monoisotopic (exact) mass is 247 g/mol. The number of rotatable bonds is 4. The molecule has 0 fully saturated rings. The van der Waals surface area contributed by atoms with Crippen LogP contribution in [0.2, 0.25) is 0 Å². The molecule has 0 rings (SSSR count). The topological polar surface area (TPSA) is 31.2 Å². The number of halogens is 1. The van der Waals surface area contributed by atoms with Crippen LogP contribution in [-0.4, -0.2) is 18.6 Å². The average Bonchev–Trinajstić information content (AvgIpc) is 2.04. The molecule has 0 aliphatic rings. The van der Waals surface area contributed by atoms with E-state index in [0.717, 1.165) is 0 Å². The average molecular weight is 248 g/mol. The van der Waals surface area contributed by atoms with Gasteiger partial charge in [0.1, 0.15) is 5.78 Å². The third-order valence-electron chi connectivity index (χ3n) is 0.849. The molecule has 1 atom stereocenters. The summed E-state index contributed by atoms with van der Waals surface area (Å²) in [6, 6.07) is 0. The first-order valence-electron chi connectivity index (χ1n) is 3.97. The zero-order chi connectivity index (χ0) is 9.28. The van der Waals surface area contributed by atoms with Gasteiger partial charge in [-0.05, 0) is 13.3 Å². The van der Waals surface area contributed by atoms with E-state index in [9.17, 15) is 9.18 Å². The Hall–Kier alpha value is 1.37. The first-order valence-corrected chi connectivity index (χ1v) is 3.97.